The Morgan fingerprint density at radius 1 is 1.65 bits per heavy atom. The predicted octanol–water partition coefficient (Wildman–Crippen LogP) is 1.19. The molecule has 105 valence electrons. The Hall–Kier alpha value is -1.60. The number of nitrogens with zero attached hydrogens (tertiary/aromatic N) is 2. The molecule has 4 N–H and O–H groups in total. The van der Waals surface area contributed by atoms with Crippen LogP contribution < -0.4 is 10.6 Å². The van der Waals surface area contributed by atoms with Crippen LogP contribution in [0.15, 0.2) is 10.7 Å². The first-order valence-electron chi connectivity index (χ1n) is 6.39. The summed E-state index contributed by atoms with van der Waals surface area (Å²) >= 11 is 3.42. The minimum Gasteiger partial charge on any atom is -0.391 e. The van der Waals surface area contributed by atoms with Crippen LogP contribution in [0.3, 0.4) is 0 Å². The van der Waals surface area contributed by atoms with Gasteiger partial charge >= 0.3 is 0 Å². The van der Waals surface area contributed by atoms with E-state index in [9.17, 15) is 9.90 Å². The van der Waals surface area contributed by atoms with Crippen LogP contribution in [0.2, 0.25) is 0 Å². The molecule has 6 nitrogen and oxygen atoms in total. The van der Waals surface area contributed by atoms with E-state index in [1.807, 2.05) is 4.90 Å². The van der Waals surface area contributed by atoms with E-state index < -0.39 is 5.91 Å². The summed E-state index contributed by atoms with van der Waals surface area (Å²) in [7, 11) is 0. The van der Waals surface area contributed by atoms with E-state index in [-0.39, 0.29) is 11.8 Å². The van der Waals surface area contributed by atoms with E-state index >= 15 is 0 Å². The molecule has 2 aromatic heterocycles. The van der Waals surface area contributed by atoms with Gasteiger partial charge in [0.15, 0.2) is 0 Å². The molecule has 3 rings (SSSR count). The van der Waals surface area contributed by atoms with Crippen molar-refractivity contribution >= 4 is 38.6 Å². The quantitative estimate of drug-likeness (QED) is 0.766. The molecule has 1 aliphatic heterocycles. The number of aromatic amines is 1. The minimum absolute atomic E-state index is 0.184. The lowest BCUT2D eigenvalue weighted by Gasteiger charge is -2.33. The highest BCUT2D eigenvalue weighted by atomic mass is 79.9. The SMILES string of the molecule is NC(=O)c1nc2[nH]c[c]c2c(N2CCC[C@@H](O)C2)c1Br. The Morgan fingerprint density at radius 2 is 2.45 bits per heavy atom. The number of β-amino-alcohol motifs (C(OH)–C–C–N with tert-alkyl or cyclic N) is 1. The van der Waals surface area contributed by atoms with Crippen LogP contribution in [0.5, 0.6) is 0 Å². The van der Waals surface area contributed by atoms with Crippen molar-refractivity contribution in [2.45, 2.75) is 18.9 Å². The number of nitrogens with one attached hydrogen (secondary N) is 1. The number of rotatable bonds is 2. The van der Waals surface area contributed by atoms with Crippen molar-refractivity contribution in [1.29, 1.82) is 0 Å². The molecular weight excluding hydrogens is 324 g/mol. The Labute approximate surface area is 124 Å². The minimum atomic E-state index is -0.591. The second-order valence-electron chi connectivity index (χ2n) is 4.89. The first-order chi connectivity index (χ1) is 9.58. The lowest BCUT2D eigenvalue weighted by Crippen LogP contribution is -2.38. The molecule has 0 unspecified atom stereocenters. The molecule has 0 spiro atoms. The van der Waals surface area contributed by atoms with Crippen molar-refractivity contribution < 1.29 is 9.90 Å². The van der Waals surface area contributed by atoms with E-state index in [0.29, 0.717) is 16.7 Å². The van der Waals surface area contributed by atoms with E-state index in [4.69, 9.17) is 5.73 Å². The van der Waals surface area contributed by atoms with Crippen molar-refractivity contribution in [2.75, 3.05) is 18.0 Å². The first kappa shape index (κ1) is 13.4. The monoisotopic (exact) mass is 337 g/mol. The normalized spacial score (nSPS) is 19.5. The maximum absolute atomic E-state index is 11.5. The van der Waals surface area contributed by atoms with Crippen molar-refractivity contribution in [3.63, 3.8) is 0 Å². The number of anilines is 1. The molecule has 0 bridgehead atoms. The van der Waals surface area contributed by atoms with Crippen LogP contribution in [0.25, 0.3) is 11.0 Å². The topological polar surface area (TPSA) is 95.2 Å². The van der Waals surface area contributed by atoms with Gasteiger partial charge in [0.1, 0.15) is 11.3 Å². The van der Waals surface area contributed by atoms with Crippen LogP contribution in [0, 0.1) is 6.07 Å². The van der Waals surface area contributed by atoms with E-state index in [1.54, 1.807) is 6.20 Å². The number of aliphatic hydroxyl groups excluding tert-OH is 1. The molecule has 1 radical (unpaired) electrons. The number of nitrogens with two attached hydrogens (primary N) is 1. The van der Waals surface area contributed by atoms with Gasteiger partial charge in [0.25, 0.3) is 5.91 Å². The average molecular weight is 338 g/mol. The van der Waals surface area contributed by atoms with E-state index in [2.05, 4.69) is 32.0 Å². The fourth-order valence-corrected chi connectivity index (χ4v) is 3.32. The van der Waals surface area contributed by atoms with Crippen molar-refractivity contribution in [2.24, 2.45) is 5.73 Å². The lowest BCUT2D eigenvalue weighted by atomic mass is 10.1. The van der Waals surface area contributed by atoms with Gasteiger partial charge in [0, 0.05) is 25.4 Å². The number of primary amides is 1. The number of aliphatic hydroxyl groups is 1. The maximum atomic E-state index is 11.5. The summed E-state index contributed by atoms with van der Waals surface area (Å²) in [6.45, 7) is 1.33. The molecule has 0 aliphatic carbocycles. The lowest BCUT2D eigenvalue weighted by molar-refractivity contribution is 0.0995. The van der Waals surface area contributed by atoms with Crippen molar-refractivity contribution in [3.8, 4) is 0 Å². The number of carbonyl (C=O) groups is 1. The number of hydrogen-bond acceptors (Lipinski definition) is 4. The molecule has 1 amide bonds. The average Bonchev–Trinajstić information content (AvgIpc) is 2.85. The van der Waals surface area contributed by atoms with Gasteiger partial charge in [-0.05, 0) is 28.8 Å². The number of carbonyl (C=O) groups excluding carboxylic acids is 1. The van der Waals surface area contributed by atoms with Gasteiger partial charge in [0.05, 0.1) is 21.7 Å². The van der Waals surface area contributed by atoms with Crippen LogP contribution in [-0.2, 0) is 0 Å². The molecule has 1 saturated heterocycles. The molecule has 0 aromatic carbocycles. The van der Waals surface area contributed by atoms with Crippen LogP contribution >= 0.6 is 15.9 Å². The van der Waals surface area contributed by atoms with Gasteiger partial charge < -0.3 is 20.7 Å². The molecule has 1 atom stereocenters. The fraction of sp³-hybridized carbons (Fsp3) is 0.385. The summed E-state index contributed by atoms with van der Waals surface area (Å²) < 4.78 is 0.558. The number of aromatic nitrogens is 2. The largest absolute Gasteiger partial charge is 0.391 e. The zero-order valence-electron chi connectivity index (χ0n) is 10.7. The number of piperidine rings is 1. The molecular formula is C13H14BrN4O2. The number of pyridine rings is 1. The highest BCUT2D eigenvalue weighted by Crippen LogP contribution is 2.36. The van der Waals surface area contributed by atoms with Gasteiger partial charge in [-0.25, -0.2) is 4.98 Å². The van der Waals surface area contributed by atoms with Crippen molar-refractivity contribution in [3.05, 3.63) is 22.4 Å². The standard InChI is InChI=1S/C13H14BrN4O2/c14-9-10(12(15)20)17-13-8(3-4-16-13)11(9)18-5-1-2-7(19)6-18/h4,7,19H,1-2,5-6H2,(H2,15,20)(H,16,17)/t7-/m1/s1. The molecule has 1 aliphatic rings. The fourth-order valence-electron chi connectivity index (χ4n) is 2.59. The molecule has 1 fully saturated rings. The van der Waals surface area contributed by atoms with E-state index in [0.717, 1.165) is 30.5 Å². The highest BCUT2D eigenvalue weighted by Gasteiger charge is 2.25. The van der Waals surface area contributed by atoms with Crippen LogP contribution in [0.1, 0.15) is 23.3 Å². The molecule has 0 saturated carbocycles. The van der Waals surface area contributed by atoms with Gasteiger partial charge in [0.2, 0.25) is 0 Å². The van der Waals surface area contributed by atoms with Crippen LogP contribution in [-0.4, -0.2) is 40.2 Å². The summed E-state index contributed by atoms with van der Waals surface area (Å²) in [6.07, 6.45) is 2.98. The summed E-state index contributed by atoms with van der Waals surface area (Å²) in [4.78, 5) is 20.7. The van der Waals surface area contributed by atoms with Gasteiger partial charge in [-0.3, -0.25) is 4.79 Å². The number of amides is 1. The summed E-state index contributed by atoms with van der Waals surface area (Å²) in [5, 5.41) is 10.6. The number of H-pyrrole nitrogens is 1. The van der Waals surface area contributed by atoms with Gasteiger partial charge in [-0.1, -0.05) is 0 Å². The predicted molar refractivity (Wildman–Crippen MR) is 78.6 cm³/mol. The zero-order chi connectivity index (χ0) is 14.3. The number of halogens is 1. The molecule has 7 heteroatoms. The van der Waals surface area contributed by atoms with Gasteiger partial charge in [-0.2, -0.15) is 0 Å². The number of fused-ring (bicyclic) bond motifs is 1. The smallest absolute Gasteiger partial charge is 0.268 e. The number of hydrogen-bond donors (Lipinski definition) is 3. The van der Waals surface area contributed by atoms with Crippen LogP contribution in [0.4, 0.5) is 5.69 Å². The third-order valence-corrected chi connectivity index (χ3v) is 4.24. The second kappa shape index (κ2) is 5.06. The Balaban J connectivity index is 2.19. The second-order valence-corrected chi connectivity index (χ2v) is 5.68. The molecule has 2 aromatic rings. The Kier molecular flexibility index (Phi) is 3.39. The first-order valence-corrected chi connectivity index (χ1v) is 7.18. The van der Waals surface area contributed by atoms with Gasteiger partial charge in [-0.15, -0.1) is 0 Å². The van der Waals surface area contributed by atoms with E-state index in [1.165, 1.54) is 0 Å². The summed E-state index contributed by atoms with van der Waals surface area (Å²) in [5.74, 6) is -0.591. The third-order valence-electron chi connectivity index (χ3n) is 3.48. The Morgan fingerprint density at radius 3 is 3.15 bits per heavy atom. The third kappa shape index (κ3) is 2.16. The highest BCUT2D eigenvalue weighted by molar-refractivity contribution is 9.10. The maximum Gasteiger partial charge on any atom is 0.268 e. The summed E-state index contributed by atoms with van der Waals surface area (Å²) in [5.41, 5.74) is 6.94. The Bertz CT molecular complexity index is 670. The molecule has 3 heterocycles. The molecule has 20 heavy (non-hydrogen) atoms. The zero-order valence-corrected chi connectivity index (χ0v) is 12.3. The summed E-state index contributed by atoms with van der Waals surface area (Å²) in [6, 6.07) is 3.08. The van der Waals surface area contributed by atoms with Crippen molar-refractivity contribution in [1.82, 2.24) is 9.97 Å².